The second-order valence-corrected chi connectivity index (χ2v) is 10.2. The first-order chi connectivity index (χ1) is 18.6. The fourth-order valence-corrected chi connectivity index (χ4v) is 5.11. The highest BCUT2D eigenvalue weighted by Gasteiger charge is 2.23. The maximum atomic E-state index is 13.4. The molecular formula is C29H31N5O3S. The van der Waals surface area contributed by atoms with Crippen LogP contribution in [-0.2, 0) is 9.53 Å². The SMILES string of the molecule is Cc1cccc(-n2cc(-c3ccccc3)nc2NC(=O)CN(CCN2CCOCC2)C(=O)c2cccs2)c1. The van der Waals surface area contributed by atoms with Gasteiger partial charge in [-0.1, -0.05) is 48.5 Å². The molecule has 1 saturated heterocycles. The highest BCUT2D eigenvalue weighted by atomic mass is 32.1. The number of benzene rings is 2. The number of hydrogen-bond donors (Lipinski definition) is 1. The maximum absolute atomic E-state index is 13.4. The van der Waals surface area contributed by atoms with Crippen LogP contribution in [0.25, 0.3) is 16.9 Å². The Labute approximate surface area is 226 Å². The molecule has 1 aliphatic rings. The van der Waals surface area contributed by atoms with Gasteiger partial charge in [-0.05, 0) is 36.1 Å². The maximum Gasteiger partial charge on any atom is 0.264 e. The number of ether oxygens (including phenoxy) is 1. The van der Waals surface area contributed by atoms with Crippen LogP contribution in [0.1, 0.15) is 15.2 Å². The predicted octanol–water partition coefficient (Wildman–Crippen LogP) is 4.32. The molecule has 196 valence electrons. The van der Waals surface area contributed by atoms with Crippen molar-refractivity contribution in [2.24, 2.45) is 0 Å². The first-order valence-electron chi connectivity index (χ1n) is 12.7. The number of thiophene rings is 1. The first-order valence-corrected chi connectivity index (χ1v) is 13.6. The van der Waals surface area contributed by atoms with Gasteiger partial charge in [-0.2, -0.15) is 0 Å². The Morgan fingerprint density at radius 1 is 1.05 bits per heavy atom. The molecule has 4 aromatic rings. The summed E-state index contributed by atoms with van der Waals surface area (Å²) in [4.78, 5) is 35.9. The topological polar surface area (TPSA) is 79.7 Å². The lowest BCUT2D eigenvalue weighted by atomic mass is 10.2. The molecule has 9 heteroatoms. The number of imidazole rings is 1. The van der Waals surface area contributed by atoms with Gasteiger partial charge < -0.3 is 9.64 Å². The zero-order valence-electron chi connectivity index (χ0n) is 21.4. The van der Waals surface area contributed by atoms with Crippen molar-refractivity contribution < 1.29 is 14.3 Å². The van der Waals surface area contributed by atoms with Crippen LogP contribution in [0.4, 0.5) is 5.95 Å². The molecule has 0 atom stereocenters. The van der Waals surface area contributed by atoms with Crippen LogP contribution >= 0.6 is 11.3 Å². The molecule has 0 bridgehead atoms. The van der Waals surface area contributed by atoms with E-state index < -0.39 is 0 Å². The standard InChI is InChI=1S/C29H31N5O3S/c1-22-7-5-10-24(19-22)34-20-25(23-8-3-2-4-9-23)30-29(34)31-27(35)21-33(28(36)26-11-6-18-38-26)13-12-32-14-16-37-17-15-32/h2-11,18-20H,12-17,21H2,1H3,(H,30,31,35). The minimum Gasteiger partial charge on any atom is -0.379 e. The van der Waals surface area contributed by atoms with E-state index in [2.05, 4.69) is 10.2 Å². The van der Waals surface area contributed by atoms with E-state index >= 15 is 0 Å². The number of nitrogens with zero attached hydrogens (tertiary/aromatic N) is 4. The minimum absolute atomic E-state index is 0.0670. The molecule has 2 aromatic heterocycles. The van der Waals surface area contributed by atoms with E-state index in [1.54, 1.807) is 11.0 Å². The number of hydrogen-bond acceptors (Lipinski definition) is 6. The normalized spacial score (nSPS) is 13.8. The number of carbonyl (C=O) groups excluding carboxylic acids is 2. The predicted molar refractivity (Wildman–Crippen MR) is 150 cm³/mol. The van der Waals surface area contributed by atoms with Crippen LogP contribution in [0.15, 0.2) is 78.3 Å². The second kappa shape index (κ2) is 12.2. The Hall–Kier alpha value is -3.79. The van der Waals surface area contributed by atoms with Crippen LogP contribution in [0, 0.1) is 6.92 Å². The third-order valence-electron chi connectivity index (χ3n) is 6.45. The summed E-state index contributed by atoms with van der Waals surface area (Å²) in [5.41, 5.74) is 3.70. The van der Waals surface area contributed by atoms with Gasteiger partial charge in [0.2, 0.25) is 11.9 Å². The molecule has 2 amide bonds. The van der Waals surface area contributed by atoms with E-state index in [1.165, 1.54) is 11.3 Å². The van der Waals surface area contributed by atoms with Crippen LogP contribution in [-0.4, -0.2) is 77.1 Å². The largest absolute Gasteiger partial charge is 0.379 e. The third kappa shape index (κ3) is 6.36. The second-order valence-electron chi connectivity index (χ2n) is 9.23. The highest BCUT2D eigenvalue weighted by Crippen LogP contribution is 2.25. The lowest BCUT2D eigenvalue weighted by Gasteiger charge is -2.29. The van der Waals surface area contributed by atoms with E-state index in [4.69, 9.17) is 9.72 Å². The van der Waals surface area contributed by atoms with Gasteiger partial charge in [0.15, 0.2) is 0 Å². The van der Waals surface area contributed by atoms with Gasteiger partial charge in [-0.15, -0.1) is 11.3 Å². The van der Waals surface area contributed by atoms with Gasteiger partial charge in [0.25, 0.3) is 5.91 Å². The molecule has 38 heavy (non-hydrogen) atoms. The lowest BCUT2D eigenvalue weighted by molar-refractivity contribution is -0.117. The van der Waals surface area contributed by atoms with Crippen molar-refractivity contribution in [3.05, 3.63) is 88.7 Å². The highest BCUT2D eigenvalue weighted by molar-refractivity contribution is 7.12. The van der Waals surface area contributed by atoms with Crippen molar-refractivity contribution in [3.63, 3.8) is 0 Å². The molecule has 8 nitrogen and oxygen atoms in total. The lowest BCUT2D eigenvalue weighted by Crippen LogP contribution is -2.45. The van der Waals surface area contributed by atoms with Crippen LogP contribution in [0.2, 0.25) is 0 Å². The Balaban J connectivity index is 1.37. The average Bonchev–Trinajstić information content (AvgIpc) is 3.63. The van der Waals surface area contributed by atoms with Crippen LogP contribution in [0.3, 0.4) is 0 Å². The van der Waals surface area contributed by atoms with E-state index in [9.17, 15) is 9.59 Å². The van der Waals surface area contributed by atoms with Crippen molar-refractivity contribution in [2.45, 2.75) is 6.92 Å². The van der Waals surface area contributed by atoms with E-state index in [0.29, 0.717) is 37.1 Å². The molecule has 1 fully saturated rings. The molecule has 0 unspecified atom stereocenters. The smallest absolute Gasteiger partial charge is 0.264 e. The molecule has 0 aliphatic carbocycles. The van der Waals surface area contributed by atoms with Crippen molar-refractivity contribution >= 4 is 29.1 Å². The van der Waals surface area contributed by atoms with Crippen LogP contribution < -0.4 is 5.32 Å². The van der Waals surface area contributed by atoms with Crippen molar-refractivity contribution in [3.8, 4) is 16.9 Å². The summed E-state index contributed by atoms with van der Waals surface area (Å²) in [6, 6.07) is 21.5. The summed E-state index contributed by atoms with van der Waals surface area (Å²) in [6.07, 6.45) is 1.92. The van der Waals surface area contributed by atoms with E-state index in [0.717, 1.165) is 35.6 Å². The summed E-state index contributed by atoms with van der Waals surface area (Å²) < 4.78 is 7.32. The number of morpholine rings is 1. The summed E-state index contributed by atoms with van der Waals surface area (Å²) in [5.74, 6) is -0.0254. The molecule has 5 rings (SSSR count). The zero-order valence-corrected chi connectivity index (χ0v) is 22.2. The fourth-order valence-electron chi connectivity index (χ4n) is 4.42. The summed E-state index contributed by atoms with van der Waals surface area (Å²) >= 11 is 1.38. The van der Waals surface area contributed by atoms with Crippen LogP contribution in [0.5, 0.6) is 0 Å². The number of anilines is 1. The monoisotopic (exact) mass is 529 g/mol. The van der Waals surface area contributed by atoms with Crippen molar-refractivity contribution in [1.29, 1.82) is 0 Å². The van der Waals surface area contributed by atoms with E-state index in [1.807, 2.05) is 83.7 Å². The molecule has 0 spiro atoms. The van der Waals surface area contributed by atoms with E-state index in [-0.39, 0.29) is 18.4 Å². The molecule has 3 heterocycles. The fraction of sp³-hybridized carbons (Fsp3) is 0.276. The van der Waals surface area contributed by atoms with Gasteiger partial charge in [0.1, 0.15) is 6.54 Å². The Bertz CT molecular complexity index is 1360. The molecule has 1 N–H and O–H groups in total. The van der Waals surface area contributed by atoms with Crippen molar-refractivity contribution in [2.75, 3.05) is 51.3 Å². The molecule has 1 aliphatic heterocycles. The Morgan fingerprint density at radius 3 is 2.61 bits per heavy atom. The number of carbonyl (C=O) groups is 2. The van der Waals surface area contributed by atoms with Gasteiger partial charge in [-0.25, -0.2) is 4.98 Å². The number of aromatic nitrogens is 2. The minimum atomic E-state index is -0.295. The molecule has 0 saturated carbocycles. The van der Waals surface area contributed by atoms with Gasteiger partial charge in [-0.3, -0.25) is 24.4 Å². The first kappa shape index (κ1) is 25.8. The summed E-state index contributed by atoms with van der Waals surface area (Å²) in [5, 5.41) is 4.85. The van der Waals surface area contributed by atoms with Gasteiger partial charge >= 0.3 is 0 Å². The Kier molecular flexibility index (Phi) is 8.28. The number of aryl methyl sites for hydroxylation is 1. The molecule has 2 aromatic carbocycles. The average molecular weight is 530 g/mol. The molecule has 0 radical (unpaired) electrons. The van der Waals surface area contributed by atoms with Gasteiger partial charge in [0, 0.05) is 43.6 Å². The van der Waals surface area contributed by atoms with Crippen molar-refractivity contribution in [1.82, 2.24) is 19.4 Å². The zero-order chi connectivity index (χ0) is 26.3. The summed E-state index contributed by atoms with van der Waals surface area (Å²) in [7, 11) is 0. The Morgan fingerprint density at radius 2 is 1.87 bits per heavy atom. The molecular weight excluding hydrogens is 498 g/mol. The number of rotatable bonds is 9. The van der Waals surface area contributed by atoms with Gasteiger partial charge in [0.05, 0.1) is 23.8 Å². The third-order valence-corrected chi connectivity index (χ3v) is 7.31. The number of amides is 2. The number of nitrogens with one attached hydrogen (secondary N) is 1. The summed E-state index contributed by atoms with van der Waals surface area (Å²) in [6.45, 7) is 6.11. The quantitative estimate of drug-likeness (QED) is 0.349.